The molecule has 0 aliphatic rings. The highest BCUT2D eigenvalue weighted by Crippen LogP contribution is 2.33. The van der Waals surface area contributed by atoms with Gasteiger partial charge in [-0.15, -0.1) is 11.6 Å². The third kappa shape index (κ3) is 3.45. The van der Waals surface area contributed by atoms with Gasteiger partial charge < -0.3 is 13.9 Å². The average Bonchev–Trinajstić information content (AvgIpc) is 2.90. The Kier molecular flexibility index (Phi) is 5.30. The van der Waals surface area contributed by atoms with E-state index in [-0.39, 0.29) is 0 Å². The third-order valence-electron chi connectivity index (χ3n) is 2.69. The molecule has 0 unspecified atom stereocenters. The van der Waals surface area contributed by atoms with Gasteiger partial charge in [0.25, 0.3) is 0 Å². The molecule has 1 aromatic carbocycles. The number of aryl methyl sites for hydroxylation is 1. The van der Waals surface area contributed by atoms with Gasteiger partial charge in [-0.05, 0) is 32.0 Å². The number of aromatic nitrogens is 1. The lowest BCUT2D eigenvalue weighted by molar-refractivity contribution is 0.288. The molecule has 0 aliphatic carbocycles. The lowest BCUT2D eigenvalue weighted by Crippen LogP contribution is -1.98. The first-order valence-corrected chi connectivity index (χ1v) is 7.22. The summed E-state index contributed by atoms with van der Waals surface area (Å²) in [5.41, 5.74) is 0.908. The number of alkyl halides is 1. The SMILES string of the molecule is CCOc1ccc(-c2cnc(CCCl)o2)cc1OCC. The van der Waals surface area contributed by atoms with Crippen LogP contribution in [-0.2, 0) is 6.42 Å². The van der Waals surface area contributed by atoms with E-state index in [0.29, 0.717) is 42.9 Å². The zero-order valence-electron chi connectivity index (χ0n) is 11.7. The molecule has 0 N–H and O–H groups in total. The van der Waals surface area contributed by atoms with Gasteiger partial charge in [-0.2, -0.15) is 0 Å². The van der Waals surface area contributed by atoms with Gasteiger partial charge >= 0.3 is 0 Å². The zero-order chi connectivity index (χ0) is 14.4. The van der Waals surface area contributed by atoms with E-state index in [2.05, 4.69) is 4.98 Å². The van der Waals surface area contributed by atoms with Crippen molar-refractivity contribution in [2.75, 3.05) is 19.1 Å². The molecule has 1 heterocycles. The predicted octanol–water partition coefficient (Wildman–Crippen LogP) is 3.92. The van der Waals surface area contributed by atoms with Crippen LogP contribution in [0.3, 0.4) is 0 Å². The molecule has 5 heteroatoms. The minimum absolute atomic E-state index is 0.493. The summed E-state index contributed by atoms with van der Waals surface area (Å²) in [5, 5.41) is 0. The Bertz CT molecular complexity index is 554. The molecule has 0 aliphatic heterocycles. The topological polar surface area (TPSA) is 44.5 Å². The molecule has 20 heavy (non-hydrogen) atoms. The van der Waals surface area contributed by atoms with Crippen LogP contribution in [0.25, 0.3) is 11.3 Å². The fourth-order valence-electron chi connectivity index (χ4n) is 1.84. The third-order valence-corrected chi connectivity index (χ3v) is 2.88. The minimum Gasteiger partial charge on any atom is -0.490 e. The number of hydrogen-bond donors (Lipinski definition) is 0. The molecule has 4 nitrogen and oxygen atoms in total. The van der Waals surface area contributed by atoms with E-state index in [1.165, 1.54) is 0 Å². The largest absolute Gasteiger partial charge is 0.490 e. The van der Waals surface area contributed by atoms with E-state index in [0.717, 1.165) is 11.3 Å². The first-order valence-electron chi connectivity index (χ1n) is 6.69. The smallest absolute Gasteiger partial charge is 0.196 e. The number of halogens is 1. The van der Waals surface area contributed by atoms with Crippen molar-refractivity contribution in [3.05, 3.63) is 30.3 Å². The van der Waals surface area contributed by atoms with Gasteiger partial charge in [0.1, 0.15) is 0 Å². The van der Waals surface area contributed by atoms with Crippen molar-refractivity contribution in [3.8, 4) is 22.8 Å². The monoisotopic (exact) mass is 295 g/mol. The molecular formula is C15H18ClNO3. The second kappa shape index (κ2) is 7.20. The van der Waals surface area contributed by atoms with Gasteiger partial charge in [-0.1, -0.05) is 0 Å². The Hall–Kier alpha value is -1.68. The number of rotatable bonds is 7. The Morgan fingerprint density at radius 1 is 1.15 bits per heavy atom. The first-order chi connectivity index (χ1) is 9.78. The molecule has 2 aromatic rings. The Morgan fingerprint density at radius 3 is 2.60 bits per heavy atom. The van der Waals surface area contributed by atoms with Crippen molar-refractivity contribution >= 4 is 11.6 Å². The summed E-state index contributed by atoms with van der Waals surface area (Å²) >= 11 is 5.68. The summed E-state index contributed by atoms with van der Waals surface area (Å²) in [7, 11) is 0. The maximum atomic E-state index is 5.68. The second-order valence-corrected chi connectivity index (χ2v) is 4.46. The van der Waals surface area contributed by atoms with Crippen LogP contribution < -0.4 is 9.47 Å². The first kappa shape index (κ1) is 14.7. The summed E-state index contributed by atoms with van der Waals surface area (Å²) in [6.45, 7) is 5.06. The maximum absolute atomic E-state index is 5.68. The Labute approximate surface area is 123 Å². The summed E-state index contributed by atoms with van der Waals surface area (Å²) in [6.07, 6.45) is 2.32. The van der Waals surface area contributed by atoms with Crippen LogP contribution in [0, 0.1) is 0 Å². The molecule has 0 fully saturated rings. The molecule has 0 radical (unpaired) electrons. The molecule has 0 amide bonds. The maximum Gasteiger partial charge on any atom is 0.196 e. The Morgan fingerprint density at radius 2 is 1.90 bits per heavy atom. The standard InChI is InChI=1S/C15H18ClNO3/c1-3-18-12-6-5-11(9-13(12)19-4-2)14-10-17-15(20-14)7-8-16/h5-6,9-10H,3-4,7-8H2,1-2H3. The van der Waals surface area contributed by atoms with Crippen molar-refractivity contribution in [1.82, 2.24) is 4.98 Å². The summed E-state index contributed by atoms with van der Waals surface area (Å²) in [5.74, 6) is 3.28. The number of hydrogen-bond acceptors (Lipinski definition) is 4. The molecule has 2 rings (SSSR count). The highest BCUT2D eigenvalue weighted by atomic mass is 35.5. The summed E-state index contributed by atoms with van der Waals surface area (Å²) in [4.78, 5) is 4.19. The lowest BCUT2D eigenvalue weighted by Gasteiger charge is -2.11. The molecule has 108 valence electrons. The molecule has 0 bridgehead atoms. The van der Waals surface area contributed by atoms with E-state index in [4.69, 9.17) is 25.5 Å². The van der Waals surface area contributed by atoms with Crippen LogP contribution in [0.1, 0.15) is 19.7 Å². The lowest BCUT2D eigenvalue weighted by atomic mass is 10.1. The van der Waals surface area contributed by atoms with Crippen LogP contribution in [0.5, 0.6) is 11.5 Å². The van der Waals surface area contributed by atoms with Crippen LogP contribution >= 0.6 is 11.6 Å². The quantitative estimate of drug-likeness (QED) is 0.726. The molecule has 0 spiro atoms. The number of ether oxygens (including phenoxy) is 2. The van der Waals surface area contributed by atoms with Crippen LogP contribution in [0.4, 0.5) is 0 Å². The van der Waals surface area contributed by atoms with Gasteiger partial charge in [-0.3, -0.25) is 0 Å². The second-order valence-electron chi connectivity index (χ2n) is 4.08. The van der Waals surface area contributed by atoms with E-state index < -0.39 is 0 Å². The van der Waals surface area contributed by atoms with Gasteiger partial charge in [-0.25, -0.2) is 4.98 Å². The molecule has 0 atom stereocenters. The van der Waals surface area contributed by atoms with Gasteiger partial charge in [0.15, 0.2) is 23.1 Å². The molecular weight excluding hydrogens is 278 g/mol. The molecule has 0 saturated carbocycles. The zero-order valence-corrected chi connectivity index (χ0v) is 12.4. The van der Waals surface area contributed by atoms with Crippen LogP contribution in [0.2, 0.25) is 0 Å². The highest BCUT2D eigenvalue weighted by molar-refractivity contribution is 6.17. The van der Waals surface area contributed by atoms with Gasteiger partial charge in [0.05, 0.1) is 19.4 Å². The number of oxazole rings is 1. The molecule has 1 aromatic heterocycles. The summed E-state index contributed by atoms with van der Waals surface area (Å²) in [6, 6.07) is 5.71. The molecule has 0 saturated heterocycles. The van der Waals surface area contributed by atoms with Crippen molar-refractivity contribution < 1.29 is 13.9 Å². The number of nitrogens with zero attached hydrogens (tertiary/aromatic N) is 1. The fraction of sp³-hybridized carbons (Fsp3) is 0.400. The predicted molar refractivity (Wildman–Crippen MR) is 78.7 cm³/mol. The van der Waals surface area contributed by atoms with Crippen molar-refractivity contribution in [2.45, 2.75) is 20.3 Å². The van der Waals surface area contributed by atoms with Crippen molar-refractivity contribution in [2.24, 2.45) is 0 Å². The minimum atomic E-state index is 0.493. The summed E-state index contributed by atoms with van der Waals surface area (Å²) < 4.78 is 16.8. The van der Waals surface area contributed by atoms with Crippen LogP contribution in [-0.4, -0.2) is 24.1 Å². The number of benzene rings is 1. The van der Waals surface area contributed by atoms with Crippen LogP contribution in [0.15, 0.2) is 28.8 Å². The van der Waals surface area contributed by atoms with Gasteiger partial charge in [0, 0.05) is 17.9 Å². The van der Waals surface area contributed by atoms with E-state index >= 15 is 0 Å². The van der Waals surface area contributed by atoms with Gasteiger partial charge in [0.2, 0.25) is 0 Å². The van der Waals surface area contributed by atoms with E-state index in [1.807, 2.05) is 32.0 Å². The normalized spacial score (nSPS) is 10.6. The Balaban J connectivity index is 2.28. The fourth-order valence-corrected chi connectivity index (χ4v) is 2.01. The highest BCUT2D eigenvalue weighted by Gasteiger charge is 2.11. The van der Waals surface area contributed by atoms with E-state index in [1.54, 1.807) is 6.20 Å². The average molecular weight is 296 g/mol. The van der Waals surface area contributed by atoms with Crippen molar-refractivity contribution in [3.63, 3.8) is 0 Å². The van der Waals surface area contributed by atoms with Crippen molar-refractivity contribution in [1.29, 1.82) is 0 Å². The van der Waals surface area contributed by atoms with E-state index in [9.17, 15) is 0 Å².